The van der Waals surface area contributed by atoms with Gasteiger partial charge in [-0.25, -0.2) is 4.39 Å². The molecule has 0 spiro atoms. The number of nitriles is 1. The molecular formula is C18H16ClFN2O2. The van der Waals surface area contributed by atoms with Gasteiger partial charge < -0.3 is 9.64 Å². The van der Waals surface area contributed by atoms with Gasteiger partial charge in [-0.1, -0.05) is 17.7 Å². The second-order valence-corrected chi connectivity index (χ2v) is 5.70. The van der Waals surface area contributed by atoms with Crippen LogP contribution in [0.25, 0.3) is 0 Å². The minimum Gasteiger partial charge on any atom is -0.481 e. The number of hydrogen-bond acceptors (Lipinski definition) is 3. The first-order valence-electron chi connectivity index (χ1n) is 7.27. The Kier molecular flexibility index (Phi) is 5.78. The normalized spacial score (nSPS) is 11.5. The summed E-state index contributed by atoms with van der Waals surface area (Å²) in [5, 5.41) is 9.04. The topological polar surface area (TPSA) is 53.3 Å². The summed E-state index contributed by atoms with van der Waals surface area (Å²) in [5.41, 5.74) is 0.772. The minimum atomic E-state index is -0.756. The van der Waals surface area contributed by atoms with Crippen molar-refractivity contribution in [2.45, 2.75) is 19.6 Å². The molecule has 0 saturated carbocycles. The molecule has 0 fully saturated rings. The number of ether oxygens (including phenoxy) is 1. The van der Waals surface area contributed by atoms with Crippen LogP contribution < -0.4 is 4.74 Å². The molecule has 2 aromatic rings. The summed E-state index contributed by atoms with van der Waals surface area (Å²) in [6.45, 7) is 1.66. The fourth-order valence-corrected chi connectivity index (χ4v) is 2.39. The van der Waals surface area contributed by atoms with Crippen molar-refractivity contribution in [2.75, 3.05) is 7.05 Å². The first-order chi connectivity index (χ1) is 11.4. The average Bonchev–Trinajstić information content (AvgIpc) is 2.58. The lowest BCUT2D eigenvalue weighted by Crippen LogP contribution is -2.37. The fourth-order valence-electron chi connectivity index (χ4n) is 2.17. The third-order valence-electron chi connectivity index (χ3n) is 3.48. The molecule has 0 bridgehead atoms. The lowest BCUT2D eigenvalue weighted by Gasteiger charge is -2.23. The molecule has 124 valence electrons. The second-order valence-electron chi connectivity index (χ2n) is 5.29. The zero-order valence-electron chi connectivity index (χ0n) is 13.3. The van der Waals surface area contributed by atoms with Crippen LogP contribution in [0.2, 0.25) is 5.02 Å². The van der Waals surface area contributed by atoms with E-state index in [4.69, 9.17) is 21.6 Å². The van der Waals surface area contributed by atoms with Crippen LogP contribution in [-0.2, 0) is 11.3 Å². The Morgan fingerprint density at radius 2 is 2.00 bits per heavy atom. The molecule has 0 aromatic heterocycles. The van der Waals surface area contributed by atoms with Crippen LogP contribution in [0.4, 0.5) is 4.39 Å². The second kappa shape index (κ2) is 7.80. The van der Waals surface area contributed by atoms with Gasteiger partial charge >= 0.3 is 0 Å². The third kappa shape index (κ3) is 4.24. The smallest absolute Gasteiger partial charge is 0.263 e. The third-order valence-corrected chi connectivity index (χ3v) is 3.83. The predicted molar refractivity (Wildman–Crippen MR) is 89.1 cm³/mol. The number of benzene rings is 2. The maximum atomic E-state index is 13.8. The van der Waals surface area contributed by atoms with Crippen LogP contribution in [0, 0.1) is 17.1 Å². The van der Waals surface area contributed by atoms with Crippen molar-refractivity contribution in [2.24, 2.45) is 0 Å². The van der Waals surface area contributed by atoms with Gasteiger partial charge in [-0.15, -0.1) is 0 Å². The quantitative estimate of drug-likeness (QED) is 0.828. The Bertz CT molecular complexity index is 751. The lowest BCUT2D eigenvalue weighted by atomic mass is 10.2. The molecular weight excluding hydrogens is 331 g/mol. The molecule has 2 rings (SSSR count). The van der Waals surface area contributed by atoms with Gasteiger partial charge in [0, 0.05) is 24.2 Å². The van der Waals surface area contributed by atoms with Crippen molar-refractivity contribution in [1.82, 2.24) is 4.90 Å². The summed E-state index contributed by atoms with van der Waals surface area (Å²) in [6, 6.07) is 12.9. The summed E-state index contributed by atoms with van der Waals surface area (Å²) >= 11 is 5.98. The summed E-state index contributed by atoms with van der Waals surface area (Å²) in [7, 11) is 1.56. The van der Waals surface area contributed by atoms with E-state index in [9.17, 15) is 9.18 Å². The zero-order chi connectivity index (χ0) is 17.7. The SMILES string of the molecule is CC(Oc1ccc(C#N)cc1)C(=O)N(C)Cc1c(F)cccc1Cl. The number of likely N-dealkylation sites (N-methyl/N-ethyl adjacent to an activating group) is 1. The first-order valence-corrected chi connectivity index (χ1v) is 7.65. The first kappa shape index (κ1) is 17.8. The summed E-state index contributed by atoms with van der Waals surface area (Å²) < 4.78 is 19.4. The van der Waals surface area contributed by atoms with Crippen molar-refractivity contribution in [3.63, 3.8) is 0 Å². The van der Waals surface area contributed by atoms with Gasteiger partial charge in [0.05, 0.1) is 11.6 Å². The summed E-state index contributed by atoms with van der Waals surface area (Å²) in [4.78, 5) is 13.7. The maximum absolute atomic E-state index is 13.8. The molecule has 0 saturated heterocycles. The van der Waals surface area contributed by atoms with Crippen LogP contribution in [0.5, 0.6) is 5.75 Å². The molecule has 1 amide bonds. The van der Waals surface area contributed by atoms with E-state index in [2.05, 4.69) is 0 Å². The number of carbonyl (C=O) groups is 1. The Balaban J connectivity index is 2.02. The van der Waals surface area contributed by atoms with Crippen LogP contribution >= 0.6 is 11.6 Å². The molecule has 1 unspecified atom stereocenters. The van der Waals surface area contributed by atoms with Gasteiger partial charge in [0.1, 0.15) is 11.6 Å². The molecule has 0 aliphatic heterocycles. The molecule has 24 heavy (non-hydrogen) atoms. The molecule has 0 aliphatic carbocycles. The van der Waals surface area contributed by atoms with E-state index in [0.717, 1.165) is 0 Å². The Hall–Kier alpha value is -2.58. The van der Waals surface area contributed by atoms with Crippen LogP contribution in [-0.4, -0.2) is 24.0 Å². The highest BCUT2D eigenvalue weighted by Crippen LogP contribution is 2.21. The van der Waals surface area contributed by atoms with Gasteiger partial charge in [0.25, 0.3) is 5.91 Å². The fraction of sp³-hybridized carbons (Fsp3) is 0.222. The van der Waals surface area contributed by atoms with Crippen LogP contribution in [0.3, 0.4) is 0 Å². The van der Waals surface area contributed by atoms with E-state index in [-0.39, 0.29) is 23.0 Å². The van der Waals surface area contributed by atoms with E-state index in [1.54, 1.807) is 44.3 Å². The Labute approximate surface area is 145 Å². The van der Waals surface area contributed by atoms with E-state index in [1.165, 1.54) is 17.0 Å². The van der Waals surface area contributed by atoms with Crippen molar-refractivity contribution in [1.29, 1.82) is 5.26 Å². The van der Waals surface area contributed by atoms with E-state index >= 15 is 0 Å². The van der Waals surface area contributed by atoms with Gasteiger partial charge in [-0.2, -0.15) is 5.26 Å². The molecule has 1 atom stereocenters. The van der Waals surface area contributed by atoms with Crippen molar-refractivity contribution >= 4 is 17.5 Å². The number of halogens is 2. The highest BCUT2D eigenvalue weighted by molar-refractivity contribution is 6.31. The predicted octanol–water partition coefficient (Wildman–Crippen LogP) is 3.78. The number of nitrogens with zero attached hydrogens (tertiary/aromatic N) is 2. The zero-order valence-corrected chi connectivity index (χ0v) is 14.0. The molecule has 0 N–H and O–H groups in total. The van der Waals surface area contributed by atoms with E-state index in [1.807, 2.05) is 6.07 Å². The van der Waals surface area contributed by atoms with E-state index < -0.39 is 11.9 Å². The molecule has 0 radical (unpaired) electrons. The van der Waals surface area contributed by atoms with Crippen molar-refractivity contribution in [3.05, 3.63) is 64.4 Å². The van der Waals surface area contributed by atoms with Gasteiger partial charge in [-0.05, 0) is 43.3 Å². The molecule has 6 heteroatoms. The lowest BCUT2D eigenvalue weighted by molar-refractivity contribution is -0.137. The van der Waals surface area contributed by atoms with Crippen molar-refractivity contribution in [3.8, 4) is 11.8 Å². The minimum absolute atomic E-state index is 0.0470. The van der Waals surface area contributed by atoms with Gasteiger partial charge in [0.15, 0.2) is 6.10 Å². The standard InChI is InChI=1S/C18H16ClFN2O2/c1-12(24-14-8-6-13(10-21)7-9-14)18(23)22(2)11-15-16(19)4-3-5-17(15)20/h3-9,12H,11H2,1-2H3. The van der Waals surface area contributed by atoms with E-state index in [0.29, 0.717) is 11.3 Å². The van der Waals surface area contributed by atoms with Crippen molar-refractivity contribution < 1.29 is 13.9 Å². The van der Waals surface area contributed by atoms with Crippen LogP contribution in [0.15, 0.2) is 42.5 Å². The van der Waals surface area contributed by atoms with Crippen LogP contribution in [0.1, 0.15) is 18.1 Å². The monoisotopic (exact) mass is 346 g/mol. The van der Waals surface area contributed by atoms with Gasteiger partial charge in [0.2, 0.25) is 0 Å². The molecule has 2 aromatic carbocycles. The number of rotatable bonds is 5. The summed E-state index contributed by atoms with van der Waals surface area (Å²) in [6.07, 6.45) is -0.756. The Morgan fingerprint density at radius 1 is 1.33 bits per heavy atom. The molecule has 4 nitrogen and oxygen atoms in total. The summed E-state index contributed by atoms with van der Waals surface area (Å²) in [5.74, 6) is -0.284. The number of amides is 1. The largest absolute Gasteiger partial charge is 0.481 e. The maximum Gasteiger partial charge on any atom is 0.263 e. The highest BCUT2D eigenvalue weighted by Gasteiger charge is 2.21. The Morgan fingerprint density at radius 3 is 2.58 bits per heavy atom. The number of hydrogen-bond donors (Lipinski definition) is 0. The molecule has 0 heterocycles. The van der Waals surface area contributed by atoms with Gasteiger partial charge in [-0.3, -0.25) is 4.79 Å². The average molecular weight is 347 g/mol. The highest BCUT2D eigenvalue weighted by atomic mass is 35.5. The molecule has 0 aliphatic rings. The number of carbonyl (C=O) groups excluding carboxylic acids is 1.